The average Bonchev–Trinajstić information content (AvgIpc) is 2.79. The van der Waals surface area contributed by atoms with Crippen LogP contribution in [-0.2, 0) is 9.47 Å². The summed E-state index contributed by atoms with van der Waals surface area (Å²) in [6.07, 6.45) is 1.07. The van der Waals surface area contributed by atoms with E-state index in [0.29, 0.717) is 19.7 Å². The molecule has 2 amide bonds. The molecule has 1 N–H and O–H groups in total. The lowest BCUT2D eigenvalue weighted by Gasteiger charge is -2.38. The Morgan fingerprint density at radius 2 is 2.39 bits per heavy atom. The van der Waals surface area contributed by atoms with Crippen LogP contribution in [0.15, 0.2) is 16.8 Å². The number of carbonyl (C=O) groups excluding carboxylic acids is 1. The lowest BCUT2D eigenvalue weighted by atomic mass is 10.2. The number of methoxy groups -OCH3 is 1. The largest absolute Gasteiger partial charge is 0.385 e. The third-order valence-electron chi connectivity index (χ3n) is 2.75. The van der Waals surface area contributed by atoms with Crippen molar-refractivity contribution in [3.63, 3.8) is 0 Å². The van der Waals surface area contributed by atoms with Gasteiger partial charge >= 0.3 is 6.03 Å². The van der Waals surface area contributed by atoms with E-state index in [2.05, 4.69) is 5.32 Å². The maximum absolute atomic E-state index is 11.8. The summed E-state index contributed by atoms with van der Waals surface area (Å²) in [7, 11) is 1.68. The van der Waals surface area contributed by atoms with E-state index in [0.717, 1.165) is 18.7 Å². The van der Waals surface area contributed by atoms with Gasteiger partial charge in [-0.15, -0.1) is 0 Å². The summed E-state index contributed by atoms with van der Waals surface area (Å²) < 4.78 is 10.5. The van der Waals surface area contributed by atoms with Gasteiger partial charge in [-0.2, -0.15) is 11.3 Å². The van der Waals surface area contributed by atoms with Gasteiger partial charge in [0, 0.05) is 25.7 Å². The second-order valence-corrected chi connectivity index (χ2v) is 4.97. The number of anilines is 1. The number of ether oxygens (including phenoxy) is 2. The number of rotatable bonds is 6. The quantitative estimate of drug-likeness (QED) is 0.805. The maximum Gasteiger partial charge on any atom is 0.322 e. The summed E-state index contributed by atoms with van der Waals surface area (Å²) in [6, 6.07) is 1.84. The van der Waals surface area contributed by atoms with E-state index >= 15 is 0 Å². The molecule has 1 aliphatic rings. The molecule has 1 fully saturated rings. The van der Waals surface area contributed by atoms with Gasteiger partial charge in [-0.25, -0.2) is 4.79 Å². The average molecular weight is 270 g/mol. The first kappa shape index (κ1) is 13.3. The molecule has 100 valence electrons. The standard InChI is InChI=1S/C12H18N2O3S/c1-16-4-2-5-17-11-7-14(8-11)12(15)13-10-3-6-18-9-10/h3,6,9,11H,2,4-5,7-8H2,1H3,(H,13,15). The molecule has 0 radical (unpaired) electrons. The molecule has 0 atom stereocenters. The fourth-order valence-corrected chi connectivity index (χ4v) is 2.29. The molecule has 5 nitrogen and oxygen atoms in total. The Hall–Kier alpha value is -1.11. The van der Waals surface area contributed by atoms with Crippen molar-refractivity contribution < 1.29 is 14.3 Å². The van der Waals surface area contributed by atoms with Gasteiger partial charge in [-0.1, -0.05) is 0 Å². The number of hydrogen-bond acceptors (Lipinski definition) is 4. The van der Waals surface area contributed by atoms with Gasteiger partial charge < -0.3 is 19.7 Å². The molecule has 2 rings (SSSR count). The topological polar surface area (TPSA) is 50.8 Å². The van der Waals surface area contributed by atoms with Crippen LogP contribution in [0.2, 0.25) is 0 Å². The normalized spacial score (nSPS) is 15.5. The summed E-state index contributed by atoms with van der Waals surface area (Å²) in [5.74, 6) is 0. The van der Waals surface area contributed by atoms with Gasteiger partial charge in [-0.3, -0.25) is 0 Å². The van der Waals surface area contributed by atoms with E-state index in [1.807, 2.05) is 16.8 Å². The summed E-state index contributed by atoms with van der Waals surface area (Å²) in [5.41, 5.74) is 0.856. The third-order valence-corrected chi connectivity index (χ3v) is 3.44. The lowest BCUT2D eigenvalue weighted by molar-refractivity contribution is -0.0380. The van der Waals surface area contributed by atoms with Crippen molar-refractivity contribution in [1.82, 2.24) is 4.90 Å². The van der Waals surface area contributed by atoms with Crippen LogP contribution < -0.4 is 5.32 Å². The second-order valence-electron chi connectivity index (χ2n) is 4.19. The van der Waals surface area contributed by atoms with Crippen molar-refractivity contribution in [3.05, 3.63) is 16.8 Å². The van der Waals surface area contributed by atoms with Crippen molar-refractivity contribution in [2.75, 3.05) is 38.7 Å². The number of carbonyl (C=O) groups is 1. The fraction of sp³-hybridized carbons (Fsp3) is 0.583. The van der Waals surface area contributed by atoms with E-state index in [1.165, 1.54) is 0 Å². The number of hydrogen-bond donors (Lipinski definition) is 1. The van der Waals surface area contributed by atoms with Gasteiger partial charge in [0.1, 0.15) is 0 Å². The van der Waals surface area contributed by atoms with Crippen LogP contribution in [0.3, 0.4) is 0 Å². The van der Waals surface area contributed by atoms with Crippen LogP contribution in [0.4, 0.5) is 10.5 Å². The molecular formula is C12H18N2O3S. The smallest absolute Gasteiger partial charge is 0.322 e. The number of thiophene rings is 1. The molecule has 2 heterocycles. The van der Waals surface area contributed by atoms with Crippen molar-refractivity contribution in [2.24, 2.45) is 0 Å². The summed E-state index contributed by atoms with van der Waals surface area (Å²) in [5, 5.41) is 6.69. The van der Waals surface area contributed by atoms with Crippen LogP contribution in [0.25, 0.3) is 0 Å². The minimum atomic E-state index is -0.0508. The maximum atomic E-state index is 11.8. The predicted molar refractivity (Wildman–Crippen MR) is 71.1 cm³/mol. The van der Waals surface area contributed by atoms with Crippen LogP contribution in [0.5, 0.6) is 0 Å². The first-order valence-corrected chi connectivity index (χ1v) is 6.92. The van der Waals surface area contributed by atoms with Crippen LogP contribution in [-0.4, -0.2) is 50.4 Å². The molecule has 6 heteroatoms. The molecule has 1 aromatic heterocycles. The zero-order chi connectivity index (χ0) is 12.8. The van der Waals surface area contributed by atoms with E-state index in [1.54, 1.807) is 23.3 Å². The van der Waals surface area contributed by atoms with E-state index in [-0.39, 0.29) is 12.1 Å². The van der Waals surface area contributed by atoms with Gasteiger partial charge in [0.05, 0.1) is 24.9 Å². The van der Waals surface area contributed by atoms with Gasteiger partial charge in [-0.05, 0) is 17.9 Å². The number of urea groups is 1. The molecular weight excluding hydrogens is 252 g/mol. The highest BCUT2D eigenvalue weighted by molar-refractivity contribution is 7.08. The second kappa shape index (κ2) is 6.72. The number of amides is 2. The number of nitrogens with one attached hydrogen (secondary N) is 1. The van der Waals surface area contributed by atoms with Crippen molar-refractivity contribution in [1.29, 1.82) is 0 Å². The predicted octanol–water partition coefficient (Wildman–Crippen LogP) is 2.02. The molecule has 0 bridgehead atoms. The SMILES string of the molecule is COCCCOC1CN(C(=O)Nc2ccsc2)C1. The molecule has 1 aromatic rings. The molecule has 0 aliphatic carbocycles. The highest BCUT2D eigenvalue weighted by Gasteiger charge is 2.31. The zero-order valence-corrected chi connectivity index (χ0v) is 11.2. The number of likely N-dealkylation sites (tertiary alicyclic amines) is 1. The summed E-state index contributed by atoms with van der Waals surface area (Å²) in [4.78, 5) is 13.5. The van der Waals surface area contributed by atoms with Crippen molar-refractivity contribution in [3.8, 4) is 0 Å². The van der Waals surface area contributed by atoms with Crippen molar-refractivity contribution >= 4 is 23.1 Å². The highest BCUT2D eigenvalue weighted by atomic mass is 32.1. The minimum absolute atomic E-state index is 0.0508. The first-order valence-electron chi connectivity index (χ1n) is 5.98. The molecule has 1 saturated heterocycles. The summed E-state index contributed by atoms with van der Waals surface area (Å²) in [6.45, 7) is 2.75. The van der Waals surface area contributed by atoms with Crippen LogP contribution >= 0.6 is 11.3 Å². The molecule has 18 heavy (non-hydrogen) atoms. The third kappa shape index (κ3) is 3.69. The van der Waals surface area contributed by atoms with Crippen molar-refractivity contribution in [2.45, 2.75) is 12.5 Å². The molecule has 0 spiro atoms. The number of nitrogens with zero attached hydrogens (tertiary/aromatic N) is 1. The Balaban J connectivity index is 1.59. The highest BCUT2D eigenvalue weighted by Crippen LogP contribution is 2.16. The fourth-order valence-electron chi connectivity index (χ4n) is 1.70. The Labute approximate surface area is 111 Å². The Bertz CT molecular complexity index is 363. The minimum Gasteiger partial charge on any atom is -0.385 e. The Kier molecular flexibility index (Phi) is 4.98. The zero-order valence-electron chi connectivity index (χ0n) is 10.4. The monoisotopic (exact) mass is 270 g/mol. The molecule has 1 aliphatic heterocycles. The first-order chi connectivity index (χ1) is 8.79. The van der Waals surface area contributed by atoms with Crippen LogP contribution in [0, 0.1) is 0 Å². The van der Waals surface area contributed by atoms with Gasteiger partial charge in [0.2, 0.25) is 0 Å². The van der Waals surface area contributed by atoms with Gasteiger partial charge in [0.25, 0.3) is 0 Å². The Morgan fingerprint density at radius 1 is 1.56 bits per heavy atom. The Morgan fingerprint density at radius 3 is 3.06 bits per heavy atom. The van der Waals surface area contributed by atoms with E-state index in [9.17, 15) is 4.79 Å². The van der Waals surface area contributed by atoms with E-state index in [4.69, 9.17) is 9.47 Å². The summed E-state index contributed by atoms with van der Waals surface area (Å²) >= 11 is 1.57. The van der Waals surface area contributed by atoms with Crippen LogP contribution in [0.1, 0.15) is 6.42 Å². The molecule has 0 aromatic carbocycles. The van der Waals surface area contributed by atoms with E-state index < -0.39 is 0 Å². The molecule has 0 unspecified atom stereocenters. The van der Waals surface area contributed by atoms with Gasteiger partial charge in [0.15, 0.2) is 0 Å². The molecule has 0 saturated carbocycles. The lowest BCUT2D eigenvalue weighted by Crippen LogP contribution is -2.56.